The molecule has 4 aromatic carbocycles. The highest BCUT2D eigenvalue weighted by atomic mass is 16.5. The number of amides is 4. The van der Waals surface area contributed by atoms with Crippen LogP contribution in [0.2, 0.25) is 0 Å². The molecule has 3 fully saturated rings. The van der Waals surface area contributed by atoms with E-state index in [1.807, 2.05) is 77.7 Å². The van der Waals surface area contributed by atoms with E-state index in [2.05, 4.69) is 44.6 Å². The number of ether oxygens (including phenoxy) is 3. The van der Waals surface area contributed by atoms with Crippen molar-refractivity contribution in [2.75, 3.05) is 40.5 Å². The summed E-state index contributed by atoms with van der Waals surface area (Å²) in [5.74, 6) is 7.65. The molecule has 4 amide bonds. The van der Waals surface area contributed by atoms with E-state index in [1.54, 1.807) is 11.1 Å². The van der Waals surface area contributed by atoms with E-state index < -0.39 is 24.3 Å². The van der Waals surface area contributed by atoms with Gasteiger partial charge in [-0.15, -0.1) is 0 Å². The minimum atomic E-state index is -0.887. The Morgan fingerprint density at radius 1 is 0.750 bits per heavy atom. The first-order valence-electron chi connectivity index (χ1n) is 21.8. The SMILES string of the molecule is COC(=O)N[C@H](C(=O)N1CCC[C@H]1c1nc2c(ccc3cc(C#Cc4ccc(-c5cnc([C@@H]6CCCN6C(=O)[C@H](NC(=O)OC)c6ccccc6)[nH]5)cc4)ccc32)[nH]1)C1CCOCC1. The van der Waals surface area contributed by atoms with Crippen LogP contribution in [0.3, 0.4) is 0 Å². The van der Waals surface area contributed by atoms with E-state index in [0.717, 1.165) is 75.7 Å². The van der Waals surface area contributed by atoms with Crippen LogP contribution >= 0.6 is 0 Å². The lowest BCUT2D eigenvalue weighted by Crippen LogP contribution is -2.53. The van der Waals surface area contributed by atoms with Gasteiger partial charge in [-0.05, 0) is 91.3 Å². The molecule has 3 aliphatic rings. The van der Waals surface area contributed by atoms with Crippen molar-refractivity contribution in [2.45, 2.75) is 62.7 Å². The van der Waals surface area contributed by atoms with Gasteiger partial charge >= 0.3 is 12.2 Å². The number of nitrogens with zero attached hydrogens (tertiary/aromatic N) is 4. The molecule has 3 aliphatic heterocycles. The summed E-state index contributed by atoms with van der Waals surface area (Å²) in [6.07, 6.45) is 5.02. The molecule has 0 unspecified atom stereocenters. The molecule has 3 saturated heterocycles. The van der Waals surface area contributed by atoms with Gasteiger partial charge in [0.05, 0.1) is 49.2 Å². The molecule has 64 heavy (non-hydrogen) atoms. The predicted octanol–water partition coefficient (Wildman–Crippen LogP) is 7.08. The summed E-state index contributed by atoms with van der Waals surface area (Å²) in [6.45, 7) is 2.23. The van der Waals surface area contributed by atoms with E-state index in [9.17, 15) is 19.2 Å². The Hall–Kier alpha value is -7.18. The number of carbonyl (C=O) groups is 4. The molecular weight excluding hydrogens is 813 g/mol. The fourth-order valence-electron chi connectivity index (χ4n) is 9.29. The maximum Gasteiger partial charge on any atom is 0.407 e. The molecule has 9 rings (SSSR count). The molecule has 5 heterocycles. The Kier molecular flexibility index (Phi) is 12.3. The third-order valence-electron chi connectivity index (χ3n) is 12.6. The fourth-order valence-corrected chi connectivity index (χ4v) is 9.29. The number of aromatic nitrogens is 4. The zero-order chi connectivity index (χ0) is 44.2. The maximum atomic E-state index is 14.1. The summed E-state index contributed by atoms with van der Waals surface area (Å²) in [6, 6.07) is 25.2. The molecule has 328 valence electrons. The van der Waals surface area contributed by atoms with Crippen LogP contribution in [0, 0.1) is 17.8 Å². The molecular formula is C49H50N8O7. The number of alkyl carbamates (subject to hydrolysis) is 2. The summed E-state index contributed by atoms with van der Waals surface area (Å²) in [5, 5.41) is 7.52. The van der Waals surface area contributed by atoms with Crippen molar-refractivity contribution < 1.29 is 33.4 Å². The topological polar surface area (TPSA) is 184 Å². The quantitative estimate of drug-likeness (QED) is 0.110. The summed E-state index contributed by atoms with van der Waals surface area (Å²) >= 11 is 0. The number of benzene rings is 4. The third kappa shape index (κ3) is 8.74. The second kappa shape index (κ2) is 18.7. The van der Waals surface area contributed by atoms with Gasteiger partial charge in [0.25, 0.3) is 5.91 Å². The smallest absolute Gasteiger partial charge is 0.407 e. The summed E-state index contributed by atoms with van der Waals surface area (Å²) in [5.41, 5.74) is 5.87. The summed E-state index contributed by atoms with van der Waals surface area (Å²) < 4.78 is 15.3. The number of H-pyrrole nitrogens is 2. The van der Waals surface area contributed by atoms with Crippen molar-refractivity contribution in [3.63, 3.8) is 0 Å². The van der Waals surface area contributed by atoms with Gasteiger partial charge in [-0.2, -0.15) is 0 Å². The lowest BCUT2D eigenvalue weighted by molar-refractivity contribution is -0.137. The van der Waals surface area contributed by atoms with Gasteiger partial charge in [0.2, 0.25) is 5.91 Å². The number of hydrogen-bond donors (Lipinski definition) is 4. The molecule has 2 aromatic heterocycles. The van der Waals surface area contributed by atoms with Crippen molar-refractivity contribution in [2.24, 2.45) is 5.92 Å². The highest BCUT2D eigenvalue weighted by Gasteiger charge is 2.41. The van der Waals surface area contributed by atoms with Crippen LogP contribution in [0.4, 0.5) is 9.59 Å². The zero-order valence-corrected chi connectivity index (χ0v) is 35.8. The van der Waals surface area contributed by atoms with Crippen LogP contribution in [0.25, 0.3) is 33.1 Å². The lowest BCUT2D eigenvalue weighted by atomic mass is 9.90. The minimum Gasteiger partial charge on any atom is -0.453 e. The Balaban J connectivity index is 0.878. The van der Waals surface area contributed by atoms with Crippen LogP contribution in [0.5, 0.6) is 0 Å². The minimum absolute atomic E-state index is 0.0382. The highest BCUT2D eigenvalue weighted by Crippen LogP contribution is 2.36. The van der Waals surface area contributed by atoms with Gasteiger partial charge in [-0.25, -0.2) is 19.6 Å². The molecule has 15 nitrogen and oxygen atoms in total. The van der Waals surface area contributed by atoms with Crippen molar-refractivity contribution in [3.8, 4) is 23.1 Å². The van der Waals surface area contributed by atoms with Crippen LogP contribution in [-0.4, -0.2) is 100 Å². The predicted molar refractivity (Wildman–Crippen MR) is 239 cm³/mol. The number of nitrogens with one attached hydrogen (secondary N) is 4. The zero-order valence-electron chi connectivity index (χ0n) is 35.8. The van der Waals surface area contributed by atoms with Crippen molar-refractivity contribution in [1.82, 2.24) is 40.4 Å². The molecule has 0 radical (unpaired) electrons. The average molecular weight is 863 g/mol. The van der Waals surface area contributed by atoms with Crippen LogP contribution in [-0.2, 0) is 23.8 Å². The molecule has 4 atom stereocenters. The Morgan fingerprint density at radius 3 is 2.16 bits per heavy atom. The number of aromatic amines is 2. The van der Waals surface area contributed by atoms with Crippen molar-refractivity contribution >= 4 is 45.8 Å². The monoisotopic (exact) mass is 862 g/mol. The molecule has 6 aromatic rings. The van der Waals surface area contributed by atoms with Gasteiger partial charge in [0.15, 0.2) is 0 Å². The average Bonchev–Trinajstić information content (AvgIpc) is 4.19. The second-order valence-corrected chi connectivity index (χ2v) is 16.5. The third-order valence-corrected chi connectivity index (χ3v) is 12.6. The lowest BCUT2D eigenvalue weighted by Gasteiger charge is -2.34. The first kappa shape index (κ1) is 42.1. The van der Waals surface area contributed by atoms with Crippen LogP contribution in [0.1, 0.15) is 85.0 Å². The number of methoxy groups -OCH3 is 2. The normalized spacial score (nSPS) is 18.6. The van der Waals surface area contributed by atoms with E-state index in [0.29, 0.717) is 50.5 Å². The van der Waals surface area contributed by atoms with E-state index in [1.165, 1.54) is 14.2 Å². The Labute approximate surface area is 370 Å². The van der Waals surface area contributed by atoms with Crippen LogP contribution < -0.4 is 10.6 Å². The Bertz CT molecular complexity index is 2730. The van der Waals surface area contributed by atoms with Gasteiger partial charge in [0.1, 0.15) is 23.7 Å². The van der Waals surface area contributed by atoms with Gasteiger partial charge < -0.3 is 44.6 Å². The fraction of sp³-hybridized carbons (Fsp3) is 0.347. The van der Waals surface area contributed by atoms with E-state index >= 15 is 0 Å². The second-order valence-electron chi connectivity index (χ2n) is 16.5. The van der Waals surface area contributed by atoms with Gasteiger partial charge in [0, 0.05) is 42.8 Å². The van der Waals surface area contributed by atoms with E-state index in [-0.39, 0.29) is 29.8 Å². The Morgan fingerprint density at radius 2 is 1.42 bits per heavy atom. The molecule has 0 saturated carbocycles. The number of imidazole rings is 2. The maximum absolute atomic E-state index is 14.1. The van der Waals surface area contributed by atoms with E-state index in [4.69, 9.17) is 24.2 Å². The molecule has 0 spiro atoms. The number of hydrogen-bond acceptors (Lipinski definition) is 9. The van der Waals surface area contributed by atoms with Crippen LogP contribution in [0.15, 0.2) is 91.1 Å². The molecule has 4 N–H and O–H groups in total. The van der Waals surface area contributed by atoms with Crippen molar-refractivity contribution in [3.05, 3.63) is 119 Å². The van der Waals surface area contributed by atoms with Gasteiger partial charge in [-0.3, -0.25) is 9.59 Å². The number of carbonyl (C=O) groups excluding carboxylic acids is 4. The largest absolute Gasteiger partial charge is 0.453 e. The number of rotatable bonds is 9. The molecule has 0 bridgehead atoms. The first-order chi connectivity index (χ1) is 31.3. The molecule has 0 aliphatic carbocycles. The van der Waals surface area contributed by atoms with Gasteiger partial charge in [-0.1, -0.05) is 66.4 Å². The number of likely N-dealkylation sites (tertiary alicyclic amines) is 2. The standard InChI is InChI=1S/C49H50N8O7/c1-62-48(60)54-41(33-8-4-3-5-9-33)46(58)56-24-6-10-39(56)44-50-29-38(52-44)32-17-14-30(15-18-32)12-13-31-16-20-36-35(28-31)19-21-37-43(36)53-45(51-37)40-11-7-25-57(40)47(59)42(55-49(61)63-2)34-22-26-64-27-23-34/h3-5,8-9,14-21,28-29,34,39-42H,6-7,10-11,22-27H2,1-2H3,(H,50,52)(H,51,53)(H,54,60)(H,55,61)/t39-,40-,41+,42-/m0/s1. The summed E-state index contributed by atoms with van der Waals surface area (Å²) in [7, 11) is 2.59. The first-order valence-corrected chi connectivity index (χ1v) is 21.8. The van der Waals surface area contributed by atoms with Crippen molar-refractivity contribution in [1.29, 1.82) is 0 Å². The summed E-state index contributed by atoms with van der Waals surface area (Å²) in [4.78, 5) is 72.9. The molecule has 15 heteroatoms. The highest BCUT2D eigenvalue weighted by molar-refractivity contribution is 6.04. The number of fused-ring (bicyclic) bond motifs is 3.